The number of aliphatic carboxylic acids is 1. The number of carbonyl (C=O) groups is 2. The monoisotopic (exact) mass is 204 g/mol. The molecule has 0 saturated carbocycles. The highest BCUT2D eigenvalue weighted by Crippen LogP contribution is 2.07. The fourth-order valence-electron chi connectivity index (χ4n) is 0.554. The van der Waals surface area contributed by atoms with Crippen LogP contribution < -0.4 is 0 Å². The third-order valence-electron chi connectivity index (χ3n) is 1.07. The number of hydrogen-bond acceptors (Lipinski definition) is 4. The Hall–Kier alpha value is -0.970. The Balaban J connectivity index is 3.62. The second-order valence-corrected chi connectivity index (χ2v) is 3.20. The average molecular weight is 204 g/mol. The van der Waals surface area contributed by atoms with Gasteiger partial charge in [0.25, 0.3) is 0 Å². The van der Waals surface area contributed by atoms with Gasteiger partial charge in [0.2, 0.25) is 0 Å². The zero-order chi connectivity index (χ0) is 10.3. The Morgan fingerprint density at radius 1 is 1.46 bits per heavy atom. The molecule has 0 aromatic carbocycles. The highest BCUT2D eigenvalue weighted by molar-refractivity contribution is 8.00. The quantitative estimate of drug-likeness (QED) is 0.515. The Labute approximate surface area is 81.0 Å². The molecule has 0 aliphatic carbocycles. The topological polar surface area (TPSA) is 63.6 Å². The molecule has 0 radical (unpaired) electrons. The second-order valence-electron chi connectivity index (χ2n) is 2.21. The van der Waals surface area contributed by atoms with Crippen molar-refractivity contribution in [3.05, 3.63) is 12.2 Å². The summed E-state index contributed by atoms with van der Waals surface area (Å²) in [6, 6.07) is 0. The molecule has 0 rings (SSSR count). The molecule has 0 saturated heterocycles. The van der Waals surface area contributed by atoms with Gasteiger partial charge in [-0.2, -0.15) is 0 Å². The molecule has 0 heterocycles. The maximum Gasteiger partial charge on any atom is 0.334 e. The molecule has 0 aliphatic rings. The van der Waals surface area contributed by atoms with E-state index in [4.69, 9.17) is 5.11 Å². The predicted octanol–water partition coefficient (Wildman–Crippen LogP) is 0.923. The first kappa shape index (κ1) is 12.0. The molecule has 0 unspecified atom stereocenters. The minimum absolute atomic E-state index is 0.0293. The van der Waals surface area contributed by atoms with Crippen LogP contribution in [0.1, 0.15) is 6.92 Å². The highest BCUT2D eigenvalue weighted by Gasteiger charge is 2.08. The van der Waals surface area contributed by atoms with Crippen LogP contribution in [0, 0.1) is 0 Å². The van der Waals surface area contributed by atoms with Crippen molar-refractivity contribution in [2.75, 3.05) is 18.1 Å². The molecule has 0 fully saturated rings. The molecule has 0 amide bonds. The van der Waals surface area contributed by atoms with Gasteiger partial charge in [-0.3, -0.25) is 4.79 Å². The number of carbonyl (C=O) groups excluding carboxylic acids is 1. The SMILES string of the molecule is C=C(CSCC(=O)O)C(=O)OCC. The molecule has 4 nitrogen and oxygen atoms in total. The lowest BCUT2D eigenvalue weighted by atomic mass is 10.4. The fraction of sp³-hybridized carbons (Fsp3) is 0.500. The Morgan fingerprint density at radius 2 is 2.08 bits per heavy atom. The number of esters is 1. The van der Waals surface area contributed by atoms with E-state index < -0.39 is 11.9 Å². The minimum atomic E-state index is -0.901. The normalized spacial score (nSPS) is 9.31. The maximum absolute atomic E-state index is 10.9. The van der Waals surface area contributed by atoms with Gasteiger partial charge in [0.15, 0.2) is 0 Å². The van der Waals surface area contributed by atoms with E-state index in [-0.39, 0.29) is 5.75 Å². The molecule has 0 spiro atoms. The Morgan fingerprint density at radius 3 is 2.54 bits per heavy atom. The van der Waals surface area contributed by atoms with E-state index in [0.717, 1.165) is 11.8 Å². The van der Waals surface area contributed by atoms with Crippen molar-refractivity contribution in [3.63, 3.8) is 0 Å². The van der Waals surface area contributed by atoms with Crippen LogP contribution in [0.15, 0.2) is 12.2 Å². The van der Waals surface area contributed by atoms with Crippen LogP contribution in [0.5, 0.6) is 0 Å². The van der Waals surface area contributed by atoms with Crippen molar-refractivity contribution in [2.45, 2.75) is 6.92 Å². The number of thioether (sulfide) groups is 1. The van der Waals surface area contributed by atoms with E-state index in [2.05, 4.69) is 11.3 Å². The third kappa shape index (κ3) is 6.21. The summed E-state index contributed by atoms with van der Waals surface area (Å²) in [5, 5.41) is 8.30. The number of carboxylic acid groups (broad SMARTS) is 1. The van der Waals surface area contributed by atoms with Crippen LogP contribution in [-0.2, 0) is 14.3 Å². The van der Waals surface area contributed by atoms with Crippen LogP contribution in [0.25, 0.3) is 0 Å². The molecule has 1 N–H and O–H groups in total. The van der Waals surface area contributed by atoms with Crippen molar-refractivity contribution in [1.29, 1.82) is 0 Å². The first-order valence-corrected chi connectivity index (χ1v) is 4.87. The Kier molecular flexibility index (Phi) is 6.05. The van der Waals surface area contributed by atoms with Gasteiger partial charge in [-0.25, -0.2) is 4.79 Å². The van der Waals surface area contributed by atoms with Gasteiger partial charge in [-0.15, -0.1) is 11.8 Å². The van der Waals surface area contributed by atoms with Crippen LogP contribution in [-0.4, -0.2) is 35.2 Å². The van der Waals surface area contributed by atoms with Crippen LogP contribution in [0.3, 0.4) is 0 Å². The molecule has 0 bridgehead atoms. The molecule has 5 heteroatoms. The highest BCUT2D eigenvalue weighted by atomic mass is 32.2. The summed E-state index contributed by atoms with van der Waals surface area (Å²) in [6.07, 6.45) is 0. The van der Waals surface area contributed by atoms with Crippen LogP contribution in [0.4, 0.5) is 0 Å². The van der Waals surface area contributed by atoms with Crippen molar-refractivity contribution in [2.24, 2.45) is 0 Å². The molecular weight excluding hydrogens is 192 g/mol. The molecule has 0 atom stereocenters. The van der Waals surface area contributed by atoms with Crippen LogP contribution in [0.2, 0.25) is 0 Å². The largest absolute Gasteiger partial charge is 0.481 e. The first-order valence-electron chi connectivity index (χ1n) is 3.72. The second kappa shape index (κ2) is 6.54. The van der Waals surface area contributed by atoms with Gasteiger partial charge >= 0.3 is 11.9 Å². The van der Waals surface area contributed by atoms with E-state index in [1.807, 2.05) is 0 Å². The summed E-state index contributed by atoms with van der Waals surface area (Å²) in [5.41, 5.74) is 0.299. The standard InChI is InChI=1S/C8H12O4S/c1-3-12-8(11)6(2)4-13-5-7(9)10/h2-5H2,1H3,(H,9,10). The number of hydrogen-bond donors (Lipinski definition) is 1. The van der Waals surface area contributed by atoms with Gasteiger partial charge in [-0.05, 0) is 6.92 Å². The van der Waals surface area contributed by atoms with Crippen molar-refractivity contribution in [3.8, 4) is 0 Å². The molecule has 0 aromatic rings. The minimum Gasteiger partial charge on any atom is -0.481 e. The van der Waals surface area contributed by atoms with Gasteiger partial charge in [-0.1, -0.05) is 6.58 Å². The van der Waals surface area contributed by atoms with Gasteiger partial charge < -0.3 is 9.84 Å². The molecule has 13 heavy (non-hydrogen) atoms. The lowest BCUT2D eigenvalue weighted by Crippen LogP contribution is -2.09. The maximum atomic E-state index is 10.9. The predicted molar refractivity (Wildman–Crippen MR) is 50.7 cm³/mol. The van der Waals surface area contributed by atoms with E-state index in [1.165, 1.54) is 0 Å². The van der Waals surface area contributed by atoms with E-state index in [0.29, 0.717) is 17.9 Å². The summed E-state index contributed by atoms with van der Waals surface area (Å²) >= 11 is 1.12. The van der Waals surface area contributed by atoms with E-state index in [9.17, 15) is 9.59 Å². The van der Waals surface area contributed by atoms with Gasteiger partial charge in [0, 0.05) is 11.3 Å². The molecule has 0 aromatic heterocycles. The first-order chi connectivity index (χ1) is 6.07. The lowest BCUT2D eigenvalue weighted by molar-refractivity contribution is -0.138. The van der Waals surface area contributed by atoms with Gasteiger partial charge in [0.1, 0.15) is 0 Å². The summed E-state index contributed by atoms with van der Waals surface area (Å²) in [5.74, 6) is -1.09. The third-order valence-corrected chi connectivity index (χ3v) is 2.07. The lowest BCUT2D eigenvalue weighted by Gasteiger charge is -2.03. The Bertz CT molecular complexity index is 212. The van der Waals surface area contributed by atoms with E-state index >= 15 is 0 Å². The van der Waals surface area contributed by atoms with Gasteiger partial charge in [0.05, 0.1) is 12.4 Å². The fourth-order valence-corrected chi connectivity index (χ4v) is 1.19. The average Bonchev–Trinajstić information content (AvgIpc) is 2.04. The van der Waals surface area contributed by atoms with Crippen LogP contribution >= 0.6 is 11.8 Å². The zero-order valence-electron chi connectivity index (χ0n) is 7.41. The molecular formula is C8H12O4S. The van der Waals surface area contributed by atoms with Crippen molar-refractivity contribution >= 4 is 23.7 Å². The zero-order valence-corrected chi connectivity index (χ0v) is 8.23. The number of carboxylic acids is 1. The number of ether oxygens (including phenoxy) is 1. The summed E-state index contributed by atoms with van der Waals surface area (Å²) in [7, 11) is 0. The van der Waals surface area contributed by atoms with Crippen molar-refractivity contribution in [1.82, 2.24) is 0 Å². The molecule has 74 valence electrons. The summed E-state index contributed by atoms with van der Waals surface area (Å²) in [4.78, 5) is 21.0. The van der Waals surface area contributed by atoms with E-state index in [1.54, 1.807) is 6.92 Å². The summed E-state index contributed by atoms with van der Waals surface area (Å²) < 4.78 is 4.66. The number of rotatable bonds is 6. The summed E-state index contributed by atoms with van der Waals surface area (Å²) in [6.45, 7) is 5.49. The smallest absolute Gasteiger partial charge is 0.334 e. The molecule has 0 aliphatic heterocycles. The van der Waals surface area contributed by atoms with Crippen molar-refractivity contribution < 1.29 is 19.4 Å².